The predicted octanol–water partition coefficient (Wildman–Crippen LogP) is 25.5. The van der Waals surface area contributed by atoms with Gasteiger partial charge >= 0.3 is 12.1 Å². The molecule has 1 unspecified atom stereocenters. The molecule has 0 saturated heterocycles. The van der Waals surface area contributed by atoms with E-state index in [0.717, 1.165) is 48.0 Å². The van der Waals surface area contributed by atoms with Crippen LogP contribution in [0.1, 0.15) is 272 Å². The highest BCUT2D eigenvalue weighted by Gasteiger charge is 2.23. The largest absolute Gasteiger partial charge is 0.466 e. The van der Waals surface area contributed by atoms with Crippen molar-refractivity contribution in [3.8, 4) is 0 Å². The predicted molar refractivity (Wildman–Crippen MR) is 458 cm³/mol. The maximum atomic E-state index is 11.7. The fourth-order valence-electron chi connectivity index (χ4n) is 12.9. The van der Waals surface area contributed by atoms with Gasteiger partial charge in [0.1, 0.15) is 5.60 Å². The Morgan fingerprint density at radius 1 is 0.411 bits per heavy atom. The zero-order valence-electron chi connectivity index (χ0n) is 70.7. The molecular weight excluding hydrogens is 1320 g/mol. The van der Waals surface area contributed by atoms with Gasteiger partial charge in [-0.05, 0) is 214 Å². The van der Waals surface area contributed by atoms with E-state index in [4.69, 9.17) is 14.2 Å². The first-order valence-electron chi connectivity index (χ1n) is 39.1. The molecule has 0 saturated carbocycles. The Balaban J connectivity index is 0.000000180. The van der Waals surface area contributed by atoms with Gasteiger partial charge in [-0.2, -0.15) is 0 Å². The maximum Gasteiger partial charge on any atom is 0.407 e. The van der Waals surface area contributed by atoms with Gasteiger partial charge < -0.3 is 49.4 Å². The summed E-state index contributed by atoms with van der Waals surface area (Å²) in [5, 5.41) is 10.5. The van der Waals surface area contributed by atoms with Crippen LogP contribution in [-0.4, -0.2) is 73.9 Å². The van der Waals surface area contributed by atoms with Crippen molar-refractivity contribution in [2.75, 3.05) is 26.4 Å². The number of ether oxygens (including phenoxy) is 3. The van der Waals surface area contributed by atoms with Gasteiger partial charge in [-0.1, -0.05) is 225 Å². The number of hydrogen-bond donors (Lipinski definition) is 7. The van der Waals surface area contributed by atoms with Crippen LogP contribution in [0.2, 0.25) is 0 Å². The van der Waals surface area contributed by atoms with Crippen LogP contribution in [0.15, 0.2) is 146 Å². The first kappa shape index (κ1) is 85.5. The Kier molecular flexibility index (Phi) is 28.4. The highest BCUT2D eigenvalue weighted by atomic mass is 16.6. The molecule has 12 heteroatoms. The average molecular weight is 1450 g/mol. The van der Waals surface area contributed by atoms with Crippen LogP contribution >= 0.6 is 0 Å². The van der Waals surface area contributed by atoms with E-state index in [0.29, 0.717) is 31.4 Å². The summed E-state index contributed by atoms with van der Waals surface area (Å²) in [5.41, 5.74) is 23.6. The molecule has 6 aromatic heterocycles. The van der Waals surface area contributed by atoms with Gasteiger partial charge in [-0.15, -0.1) is 0 Å². The summed E-state index contributed by atoms with van der Waals surface area (Å²) in [4.78, 5) is 43.3. The van der Waals surface area contributed by atoms with Crippen LogP contribution in [-0.2, 0) is 70.8 Å². The fraction of sp³-hybridized carbons (Fsp3) is 0.474. The van der Waals surface area contributed by atoms with Crippen LogP contribution in [0.4, 0.5) is 4.79 Å². The second-order valence-corrected chi connectivity index (χ2v) is 36.6. The second-order valence-electron chi connectivity index (χ2n) is 36.6. The van der Waals surface area contributed by atoms with Gasteiger partial charge in [-0.25, -0.2) is 4.79 Å². The van der Waals surface area contributed by atoms with Gasteiger partial charge in [0.15, 0.2) is 0 Å². The first-order chi connectivity index (χ1) is 49.8. The highest BCUT2D eigenvalue weighted by Crippen LogP contribution is 2.35. The molecule has 0 fully saturated rings. The third-order valence-electron chi connectivity index (χ3n) is 19.9. The van der Waals surface area contributed by atoms with Crippen LogP contribution in [0.3, 0.4) is 0 Å². The number of carbonyl (C=O) groups excluding carboxylic acids is 2. The Hall–Kier alpha value is -8.74. The smallest absolute Gasteiger partial charge is 0.407 e. The first-order valence-corrected chi connectivity index (χ1v) is 39.1. The minimum Gasteiger partial charge on any atom is -0.466 e. The van der Waals surface area contributed by atoms with E-state index in [1.807, 2.05) is 47.0 Å². The van der Waals surface area contributed by atoms with Gasteiger partial charge in [0.25, 0.3) is 0 Å². The summed E-state index contributed by atoms with van der Waals surface area (Å²) < 4.78 is 15.6. The van der Waals surface area contributed by atoms with E-state index < -0.39 is 5.60 Å². The lowest BCUT2D eigenvalue weighted by Gasteiger charge is -2.19. The summed E-state index contributed by atoms with van der Waals surface area (Å²) in [6.07, 6.45) is 13.2. The lowest BCUT2D eigenvalue weighted by molar-refractivity contribution is -0.142. The number of amides is 1. The topological polar surface area (TPSA) is 169 Å². The Labute approximate surface area is 641 Å². The quantitative estimate of drug-likeness (QED) is 0.0450. The summed E-state index contributed by atoms with van der Waals surface area (Å²) in [7, 11) is 0. The third kappa shape index (κ3) is 24.1. The molecule has 6 aromatic carbocycles. The van der Waals surface area contributed by atoms with E-state index in [2.05, 4.69) is 328 Å². The zero-order valence-corrected chi connectivity index (χ0v) is 70.7. The van der Waals surface area contributed by atoms with Crippen molar-refractivity contribution in [3.63, 3.8) is 0 Å². The number of esters is 1. The van der Waals surface area contributed by atoms with Crippen LogP contribution < -0.4 is 5.32 Å². The normalized spacial score (nSPS) is 12.6. The minimum absolute atomic E-state index is 0.126. The number of aromatic amines is 6. The van der Waals surface area contributed by atoms with Gasteiger partial charge in [0.05, 0.1) is 19.6 Å². The van der Waals surface area contributed by atoms with E-state index in [-0.39, 0.29) is 44.6 Å². The molecular formula is C95H133N7O5. The van der Waals surface area contributed by atoms with E-state index in [1.54, 1.807) is 0 Å². The lowest BCUT2D eigenvalue weighted by Crippen LogP contribution is -2.33. The molecule has 578 valence electrons. The number of carbonyl (C=O) groups is 2. The Bertz CT molecular complexity index is 4850. The number of H-pyrrole nitrogens is 6. The molecule has 0 aliphatic rings. The molecule has 7 N–H and O–H groups in total. The van der Waals surface area contributed by atoms with Gasteiger partial charge in [0, 0.05) is 110 Å². The van der Waals surface area contributed by atoms with Gasteiger partial charge in [-0.3, -0.25) is 4.79 Å². The van der Waals surface area contributed by atoms with Crippen molar-refractivity contribution < 1.29 is 23.8 Å². The van der Waals surface area contributed by atoms with Crippen LogP contribution in [0.5, 0.6) is 0 Å². The number of alkyl carbamates (subject to hydrolysis) is 1. The lowest BCUT2D eigenvalue weighted by atomic mass is 9.86. The molecule has 1 atom stereocenters. The van der Waals surface area contributed by atoms with Crippen molar-refractivity contribution in [1.82, 2.24) is 35.2 Å². The summed E-state index contributed by atoms with van der Waals surface area (Å²) in [6.45, 7) is 63.3. The van der Waals surface area contributed by atoms with E-state index in [9.17, 15) is 9.59 Å². The standard InChI is InChI=1S/C19H28N2O2.C16H21NO2.C16H23NO.C16H23N.C15H21N.C13H17N/c1-18(2,3)14-7-8-15-13(12-21-16(15)11-14)9-10-20-17(22)23-19(4,5)6;1-5-19-15(18)8-11-10-17-14-9-12(16(2,3)4)6-7-13(11)14;1-5-18-9-8-12-11-17-15-10-13(16(2,3)4)6-7-14(12)15;1-6-11(2)14-10-17-15-9-12(16(3,4)5)7-8-13(14)15;1-10(2)13-9-16-14-8-11(15(3,4)5)6-7-12(13)14;1-9-7-10-5-6-11(13(2,3)4)8-12(10)14-9/h7-8,11-12,21H,9-10H2,1-6H3,(H,20,22);6-7,9-10,17H,5,8H2,1-4H3;6-7,10-11,17H,5,8-9H2,1-4H3;7-11,17H,6H2,1-5H3;6-10,16H,1-5H3;5-8,14H,1-4H3. The molecule has 12 aromatic rings. The van der Waals surface area contributed by atoms with Crippen LogP contribution in [0.25, 0.3) is 65.4 Å². The number of nitrogens with one attached hydrogen (secondary N) is 7. The second kappa shape index (κ2) is 35.5. The monoisotopic (exact) mass is 1450 g/mol. The molecule has 6 heterocycles. The maximum absolute atomic E-state index is 11.7. The summed E-state index contributed by atoms with van der Waals surface area (Å²) in [6, 6.07) is 42.1. The molecule has 107 heavy (non-hydrogen) atoms. The third-order valence-corrected chi connectivity index (χ3v) is 19.9. The molecule has 0 radical (unpaired) electrons. The van der Waals surface area contributed by atoms with E-state index in [1.165, 1.54) is 117 Å². The van der Waals surface area contributed by atoms with E-state index >= 15 is 0 Å². The Morgan fingerprint density at radius 3 is 1.16 bits per heavy atom. The summed E-state index contributed by atoms with van der Waals surface area (Å²) >= 11 is 0. The summed E-state index contributed by atoms with van der Waals surface area (Å²) in [5.74, 6) is 1.03. The molecule has 0 bridgehead atoms. The van der Waals surface area contributed by atoms with Crippen molar-refractivity contribution in [2.45, 2.75) is 269 Å². The number of aryl methyl sites for hydroxylation is 1. The molecule has 0 aliphatic carbocycles. The fourth-order valence-corrected chi connectivity index (χ4v) is 12.9. The number of rotatable bonds is 13. The average Bonchev–Trinajstić information content (AvgIpc) is 1.85. The number of aromatic nitrogens is 6. The van der Waals surface area contributed by atoms with Crippen molar-refractivity contribution >= 4 is 77.5 Å². The molecule has 0 spiro atoms. The van der Waals surface area contributed by atoms with Crippen molar-refractivity contribution in [2.24, 2.45) is 0 Å². The molecule has 1 amide bonds. The van der Waals surface area contributed by atoms with Gasteiger partial charge in [0.2, 0.25) is 0 Å². The number of benzene rings is 6. The zero-order chi connectivity index (χ0) is 79.4. The van der Waals surface area contributed by atoms with Crippen molar-refractivity contribution in [3.05, 3.63) is 213 Å². The molecule has 0 aliphatic heterocycles. The molecule has 12 rings (SSSR count). The van der Waals surface area contributed by atoms with Crippen LogP contribution in [0, 0.1) is 6.92 Å². The number of hydrogen-bond acceptors (Lipinski definition) is 5. The highest BCUT2D eigenvalue weighted by molar-refractivity contribution is 5.89. The number of fused-ring (bicyclic) bond motifs is 6. The van der Waals surface area contributed by atoms with Crippen molar-refractivity contribution in [1.29, 1.82) is 0 Å². The SMILES string of the molecule is CC(C)(C)OC(=O)NCCc1c[nH]c2cc(C(C)(C)C)ccc12.CC(C)c1c[nH]c2cc(C(C)(C)C)ccc12.CCC(C)c1c[nH]c2cc(C(C)(C)C)ccc12.CCOC(=O)Cc1c[nH]c2cc(C(C)(C)C)ccc12.CCOCCc1c[nH]c2cc(C(C)(C)C)ccc12.Cc1cc2ccc(C(C)(C)C)cc2[nH]1. The molecule has 12 nitrogen and oxygen atoms in total. The minimum atomic E-state index is -0.464. The Morgan fingerprint density at radius 2 is 0.766 bits per heavy atom.